The van der Waals surface area contributed by atoms with E-state index in [9.17, 15) is 0 Å². The van der Waals surface area contributed by atoms with Gasteiger partial charge < -0.3 is 5.73 Å². The Morgan fingerprint density at radius 2 is 2.50 bits per heavy atom. The number of rotatable bonds is 2. The van der Waals surface area contributed by atoms with Crippen molar-refractivity contribution in [1.82, 2.24) is 4.98 Å². The van der Waals surface area contributed by atoms with E-state index in [2.05, 4.69) is 10.9 Å². The first-order valence-electron chi connectivity index (χ1n) is 3.96. The Bertz CT molecular complexity index is 299. The minimum atomic E-state index is 0.0960. The standard InChI is InChI=1S/C10H12N2/c1-3-8(4-2)9-6-5-7-12-10(9)11/h1,5-8H,4H2,2H3,(H2,11,12). The van der Waals surface area contributed by atoms with Crippen LogP contribution in [-0.2, 0) is 0 Å². The Balaban J connectivity index is 3.02. The van der Waals surface area contributed by atoms with Gasteiger partial charge in [-0.2, -0.15) is 0 Å². The smallest absolute Gasteiger partial charge is 0.127 e. The number of nitrogens with zero attached hydrogens (tertiary/aromatic N) is 1. The van der Waals surface area contributed by atoms with E-state index < -0.39 is 0 Å². The number of terminal acetylenes is 1. The quantitative estimate of drug-likeness (QED) is 0.670. The molecule has 0 aliphatic rings. The second-order valence-electron chi connectivity index (χ2n) is 2.61. The Morgan fingerprint density at radius 3 is 3.00 bits per heavy atom. The molecular weight excluding hydrogens is 148 g/mol. The third-order valence-corrected chi connectivity index (χ3v) is 1.86. The van der Waals surface area contributed by atoms with E-state index in [4.69, 9.17) is 12.2 Å². The lowest BCUT2D eigenvalue weighted by molar-refractivity contribution is 0.828. The Kier molecular flexibility index (Phi) is 2.71. The number of nitrogen functional groups attached to an aromatic ring is 1. The normalized spacial score (nSPS) is 12.0. The minimum Gasteiger partial charge on any atom is -0.383 e. The molecule has 2 N–H and O–H groups in total. The first-order chi connectivity index (χ1) is 5.79. The van der Waals surface area contributed by atoms with E-state index in [1.54, 1.807) is 6.20 Å². The number of nitrogens with two attached hydrogens (primary N) is 1. The zero-order valence-corrected chi connectivity index (χ0v) is 7.12. The maximum absolute atomic E-state index is 5.67. The molecule has 0 aromatic carbocycles. The molecule has 1 aromatic heterocycles. The molecule has 1 unspecified atom stereocenters. The fourth-order valence-corrected chi connectivity index (χ4v) is 1.15. The lowest BCUT2D eigenvalue weighted by atomic mass is 9.98. The predicted molar refractivity (Wildman–Crippen MR) is 50.5 cm³/mol. The molecule has 1 heterocycles. The van der Waals surface area contributed by atoms with Crippen LogP contribution >= 0.6 is 0 Å². The molecule has 0 aliphatic carbocycles. The monoisotopic (exact) mass is 160 g/mol. The molecule has 0 saturated carbocycles. The van der Waals surface area contributed by atoms with Crippen LogP contribution in [0.4, 0.5) is 5.82 Å². The third-order valence-electron chi connectivity index (χ3n) is 1.86. The fraction of sp³-hybridized carbons (Fsp3) is 0.300. The van der Waals surface area contributed by atoms with Gasteiger partial charge in [0.2, 0.25) is 0 Å². The summed E-state index contributed by atoms with van der Waals surface area (Å²) < 4.78 is 0. The highest BCUT2D eigenvalue weighted by molar-refractivity contribution is 5.44. The van der Waals surface area contributed by atoms with Gasteiger partial charge in [0.25, 0.3) is 0 Å². The van der Waals surface area contributed by atoms with Gasteiger partial charge in [-0.3, -0.25) is 0 Å². The summed E-state index contributed by atoms with van der Waals surface area (Å²) in [6.07, 6.45) is 7.91. The summed E-state index contributed by atoms with van der Waals surface area (Å²) in [5, 5.41) is 0. The van der Waals surface area contributed by atoms with Crippen molar-refractivity contribution in [3.8, 4) is 12.3 Å². The lowest BCUT2D eigenvalue weighted by Gasteiger charge is -2.09. The van der Waals surface area contributed by atoms with Gasteiger partial charge in [-0.05, 0) is 12.5 Å². The number of hydrogen-bond donors (Lipinski definition) is 1. The maximum atomic E-state index is 5.67. The van der Waals surface area contributed by atoms with Crippen LogP contribution in [0.3, 0.4) is 0 Å². The second-order valence-corrected chi connectivity index (χ2v) is 2.61. The Morgan fingerprint density at radius 1 is 1.75 bits per heavy atom. The molecule has 0 spiro atoms. The summed E-state index contributed by atoms with van der Waals surface area (Å²) >= 11 is 0. The Labute approximate surface area is 72.8 Å². The Hall–Kier alpha value is -1.49. The van der Waals surface area contributed by atoms with Gasteiger partial charge in [-0.15, -0.1) is 6.42 Å². The van der Waals surface area contributed by atoms with Gasteiger partial charge in [-0.25, -0.2) is 4.98 Å². The molecule has 0 saturated heterocycles. The van der Waals surface area contributed by atoms with Crippen molar-refractivity contribution in [3.05, 3.63) is 23.9 Å². The molecule has 1 aromatic rings. The molecule has 0 bridgehead atoms. The van der Waals surface area contributed by atoms with Crippen LogP contribution in [0.5, 0.6) is 0 Å². The van der Waals surface area contributed by atoms with Gasteiger partial charge in [0.05, 0.1) is 0 Å². The number of pyridine rings is 1. The van der Waals surface area contributed by atoms with Crippen LogP contribution in [-0.4, -0.2) is 4.98 Å². The number of anilines is 1. The van der Waals surface area contributed by atoms with E-state index >= 15 is 0 Å². The van der Waals surface area contributed by atoms with E-state index in [0.717, 1.165) is 12.0 Å². The molecule has 12 heavy (non-hydrogen) atoms. The first kappa shape index (κ1) is 8.61. The number of aromatic nitrogens is 1. The minimum absolute atomic E-state index is 0.0960. The van der Waals surface area contributed by atoms with Gasteiger partial charge >= 0.3 is 0 Å². The first-order valence-corrected chi connectivity index (χ1v) is 3.96. The van der Waals surface area contributed by atoms with Crippen molar-refractivity contribution in [3.63, 3.8) is 0 Å². The van der Waals surface area contributed by atoms with Gasteiger partial charge in [0, 0.05) is 17.7 Å². The van der Waals surface area contributed by atoms with Crippen LogP contribution in [0.15, 0.2) is 18.3 Å². The van der Waals surface area contributed by atoms with Crippen LogP contribution in [0.2, 0.25) is 0 Å². The van der Waals surface area contributed by atoms with Gasteiger partial charge in [-0.1, -0.05) is 18.9 Å². The molecule has 1 rings (SSSR count). The number of hydrogen-bond acceptors (Lipinski definition) is 2. The molecule has 62 valence electrons. The molecule has 0 aliphatic heterocycles. The van der Waals surface area contributed by atoms with Gasteiger partial charge in [0.1, 0.15) is 5.82 Å². The summed E-state index contributed by atoms with van der Waals surface area (Å²) in [7, 11) is 0. The van der Waals surface area contributed by atoms with E-state index in [0.29, 0.717) is 5.82 Å². The topological polar surface area (TPSA) is 38.9 Å². The molecule has 2 nitrogen and oxygen atoms in total. The van der Waals surface area contributed by atoms with Crippen LogP contribution in [0.25, 0.3) is 0 Å². The fourth-order valence-electron chi connectivity index (χ4n) is 1.15. The lowest BCUT2D eigenvalue weighted by Crippen LogP contribution is -2.01. The summed E-state index contributed by atoms with van der Waals surface area (Å²) in [4.78, 5) is 3.98. The molecule has 1 atom stereocenters. The van der Waals surface area contributed by atoms with Crippen molar-refractivity contribution in [2.45, 2.75) is 19.3 Å². The summed E-state index contributed by atoms with van der Waals surface area (Å²) in [5.41, 5.74) is 6.63. The second kappa shape index (κ2) is 3.77. The zero-order valence-electron chi connectivity index (χ0n) is 7.12. The molecule has 0 amide bonds. The molecule has 0 radical (unpaired) electrons. The van der Waals surface area contributed by atoms with Crippen molar-refractivity contribution in [2.24, 2.45) is 0 Å². The van der Waals surface area contributed by atoms with Crippen LogP contribution in [0, 0.1) is 12.3 Å². The van der Waals surface area contributed by atoms with Crippen molar-refractivity contribution in [2.75, 3.05) is 5.73 Å². The van der Waals surface area contributed by atoms with Crippen molar-refractivity contribution in [1.29, 1.82) is 0 Å². The summed E-state index contributed by atoms with van der Waals surface area (Å²) in [6, 6.07) is 3.78. The SMILES string of the molecule is C#CC(CC)c1cccnc1N. The van der Waals surface area contributed by atoms with Crippen LogP contribution in [0.1, 0.15) is 24.8 Å². The average Bonchev–Trinajstić information content (AvgIpc) is 2.10. The van der Waals surface area contributed by atoms with E-state index in [1.807, 2.05) is 19.1 Å². The molecule has 0 fully saturated rings. The summed E-state index contributed by atoms with van der Waals surface area (Å²) in [5.74, 6) is 3.33. The highest BCUT2D eigenvalue weighted by atomic mass is 14.8. The van der Waals surface area contributed by atoms with Crippen LogP contribution < -0.4 is 5.73 Å². The third kappa shape index (κ3) is 1.57. The molecular formula is C10H12N2. The highest BCUT2D eigenvalue weighted by Gasteiger charge is 2.08. The highest BCUT2D eigenvalue weighted by Crippen LogP contribution is 2.21. The zero-order chi connectivity index (χ0) is 8.97. The largest absolute Gasteiger partial charge is 0.383 e. The van der Waals surface area contributed by atoms with E-state index in [1.165, 1.54) is 0 Å². The summed E-state index contributed by atoms with van der Waals surface area (Å²) in [6.45, 7) is 2.04. The van der Waals surface area contributed by atoms with Gasteiger partial charge in [0.15, 0.2) is 0 Å². The maximum Gasteiger partial charge on any atom is 0.127 e. The van der Waals surface area contributed by atoms with Crippen molar-refractivity contribution >= 4 is 5.82 Å². The average molecular weight is 160 g/mol. The molecule has 2 heteroatoms. The van der Waals surface area contributed by atoms with E-state index in [-0.39, 0.29) is 5.92 Å². The predicted octanol–water partition coefficient (Wildman–Crippen LogP) is 1.79. The van der Waals surface area contributed by atoms with Crippen molar-refractivity contribution < 1.29 is 0 Å².